The summed E-state index contributed by atoms with van der Waals surface area (Å²) in [7, 11) is 0. The van der Waals surface area contributed by atoms with Gasteiger partial charge < -0.3 is 19.3 Å². The maximum absolute atomic E-state index is 13.2. The Hall–Kier alpha value is -3.09. The number of carbonyl (C=O) groups excluding carboxylic acids is 2. The highest BCUT2D eigenvalue weighted by Crippen LogP contribution is 2.30. The highest BCUT2D eigenvalue weighted by Gasteiger charge is 2.26. The molecule has 2 aliphatic rings. The number of amides is 2. The summed E-state index contributed by atoms with van der Waals surface area (Å²) in [6.45, 7) is 5.05. The molecule has 2 aromatic rings. The first kappa shape index (κ1) is 25.0. The third-order valence-electron chi connectivity index (χ3n) is 7.02. The van der Waals surface area contributed by atoms with E-state index in [0.29, 0.717) is 68.8 Å². The van der Waals surface area contributed by atoms with Crippen molar-refractivity contribution in [1.82, 2.24) is 14.8 Å². The van der Waals surface area contributed by atoms with E-state index >= 15 is 0 Å². The molecule has 7 heteroatoms. The van der Waals surface area contributed by atoms with Crippen LogP contribution in [0.2, 0.25) is 0 Å². The molecular formula is C28H37N3O4. The van der Waals surface area contributed by atoms with E-state index in [2.05, 4.69) is 4.98 Å². The molecule has 1 aliphatic carbocycles. The minimum Gasteiger partial charge on any atom is -0.490 e. The van der Waals surface area contributed by atoms with Gasteiger partial charge in [0.25, 0.3) is 5.91 Å². The molecule has 4 rings (SSSR count). The quantitative estimate of drug-likeness (QED) is 0.521. The number of rotatable bonds is 9. The van der Waals surface area contributed by atoms with E-state index < -0.39 is 0 Å². The van der Waals surface area contributed by atoms with Crippen LogP contribution in [-0.4, -0.2) is 59.4 Å². The van der Waals surface area contributed by atoms with Crippen LogP contribution in [0.5, 0.6) is 11.5 Å². The molecule has 188 valence electrons. The van der Waals surface area contributed by atoms with Gasteiger partial charge in [0.1, 0.15) is 6.61 Å². The first-order valence-corrected chi connectivity index (χ1v) is 13.0. The van der Waals surface area contributed by atoms with Gasteiger partial charge in [-0.05, 0) is 43.5 Å². The van der Waals surface area contributed by atoms with Crippen molar-refractivity contribution in [2.24, 2.45) is 5.92 Å². The Kier molecular flexibility index (Phi) is 8.98. The first-order valence-electron chi connectivity index (χ1n) is 13.0. The van der Waals surface area contributed by atoms with Crippen LogP contribution in [0.1, 0.15) is 67.8 Å². The predicted octanol–water partition coefficient (Wildman–Crippen LogP) is 4.70. The minimum absolute atomic E-state index is 0.0425. The highest BCUT2D eigenvalue weighted by molar-refractivity contribution is 5.95. The van der Waals surface area contributed by atoms with Crippen LogP contribution < -0.4 is 9.47 Å². The molecule has 0 unspecified atom stereocenters. The number of hydrogen-bond donors (Lipinski definition) is 0. The second-order valence-electron chi connectivity index (χ2n) is 9.46. The van der Waals surface area contributed by atoms with Crippen LogP contribution >= 0.6 is 0 Å². The van der Waals surface area contributed by atoms with E-state index in [-0.39, 0.29) is 11.8 Å². The van der Waals surface area contributed by atoms with Gasteiger partial charge in [0.2, 0.25) is 5.91 Å². The Morgan fingerprint density at radius 3 is 2.46 bits per heavy atom. The largest absolute Gasteiger partial charge is 0.490 e. The molecule has 1 aliphatic heterocycles. The van der Waals surface area contributed by atoms with E-state index in [1.54, 1.807) is 30.6 Å². The molecule has 2 heterocycles. The van der Waals surface area contributed by atoms with Gasteiger partial charge in [-0.2, -0.15) is 0 Å². The molecule has 1 saturated heterocycles. The fourth-order valence-corrected chi connectivity index (χ4v) is 4.98. The van der Waals surface area contributed by atoms with Gasteiger partial charge in [0.05, 0.1) is 6.61 Å². The molecule has 0 bridgehead atoms. The molecule has 1 aromatic carbocycles. The fourth-order valence-electron chi connectivity index (χ4n) is 4.98. The predicted molar refractivity (Wildman–Crippen MR) is 134 cm³/mol. The van der Waals surface area contributed by atoms with Gasteiger partial charge in [-0.15, -0.1) is 0 Å². The zero-order valence-electron chi connectivity index (χ0n) is 20.8. The molecule has 1 saturated carbocycles. The van der Waals surface area contributed by atoms with Crippen LogP contribution in [-0.2, 0) is 11.4 Å². The van der Waals surface area contributed by atoms with E-state index in [9.17, 15) is 9.59 Å². The normalized spacial score (nSPS) is 16.7. The molecule has 2 amide bonds. The number of pyridine rings is 1. The van der Waals surface area contributed by atoms with Crippen LogP contribution in [0, 0.1) is 5.92 Å². The topological polar surface area (TPSA) is 72.0 Å². The lowest BCUT2D eigenvalue weighted by molar-refractivity contribution is -0.133. The van der Waals surface area contributed by atoms with Gasteiger partial charge in [0.15, 0.2) is 11.5 Å². The molecule has 0 atom stereocenters. The summed E-state index contributed by atoms with van der Waals surface area (Å²) in [6, 6.07) is 9.15. The van der Waals surface area contributed by atoms with Gasteiger partial charge in [0, 0.05) is 56.1 Å². The fraction of sp³-hybridized carbons (Fsp3) is 0.536. The van der Waals surface area contributed by atoms with Crippen molar-refractivity contribution in [3.05, 3.63) is 53.9 Å². The average Bonchev–Trinajstić information content (AvgIpc) is 2.92. The number of piperazine rings is 1. The molecule has 7 nitrogen and oxygen atoms in total. The monoisotopic (exact) mass is 479 g/mol. The number of carbonyl (C=O) groups is 2. The van der Waals surface area contributed by atoms with Crippen LogP contribution in [0.3, 0.4) is 0 Å². The van der Waals surface area contributed by atoms with Gasteiger partial charge >= 0.3 is 0 Å². The SMILES string of the molecule is CCOc1cc(C(=O)N2CCN(C(=O)CCC3CCCCC3)CC2)ccc1OCc1cccnc1. The summed E-state index contributed by atoms with van der Waals surface area (Å²) in [6.07, 6.45) is 11.6. The maximum Gasteiger partial charge on any atom is 0.254 e. The van der Waals surface area contributed by atoms with Gasteiger partial charge in [-0.25, -0.2) is 0 Å². The molecule has 35 heavy (non-hydrogen) atoms. The lowest BCUT2D eigenvalue weighted by atomic mass is 9.86. The first-order chi connectivity index (χ1) is 17.1. The van der Waals surface area contributed by atoms with Gasteiger partial charge in [-0.3, -0.25) is 14.6 Å². The molecule has 0 N–H and O–H groups in total. The smallest absolute Gasteiger partial charge is 0.254 e. The van der Waals surface area contributed by atoms with Crippen molar-refractivity contribution in [3.63, 3.8) is 0 Å². The second-order valence-corrected chi connectivity index (χ2v) is 9.46. The zero-order chi connectivity index (χ0) is 24.5. The Morgan fingerprint density at radius 1 is 0.971 bits per heavy atom. The zero-order valence-corrected chi connectivity index (χ0v) is 20.8. The third-order valence-corrected chi connectivity index (χ3v) is 7.02. The van der Waals surface area contributed by atoms with Crippen molar-refractivity contribution in [2.45, 2.75) is 58.5 Å². The van der Waals surface area contributed by atoms with Crippen LogP contribution in [0.4, 0.5) is 0 Å². The van der Waals surface area contributed by atoms with Crippen molar-refractivity contribution < 1.29 is 19.1 Å². The van der Waals surface area contributed by atoms with Crippen molar-refractivity contribution >= 4 is 11.8 Å². The van der Waals surface area contributed by atoms with E-state index in [1.165, 1.54) is 32.1 Å². The lowest BCUT2D eigenvalue weighted by Gasteiger charge is -2.35. The summed E-state index contributed by atoms with van der Waals surface area (Å²) in [5.41, 5.74) is 1.53. The lowest BCUT2D eigenvalue weighted by Crippen LogP contribution is -2.50. The summed E-state index contributed by atoms with van der Waals surface area (Å²) in [5.74, 6) is 2.06. The van der Waals surface area contributed by atoms with Crippen LogP contribution in [0.25, 0.3) is 0 Å². The third kappa shape index (κ3) is 6.96. The highest BCUT2D eigenvalue weighted by atomic mass is 16.5. The standard InChI is InChI=1S/C28H37N3O4/c1-2-34-26-19-24(11-12-25(26)35-21-23-9-6-14-29-20-23)28(33)31-17-15-30(16-18-31)27(32)13-10-22-7-4-3-5-8-22/h6,9,11-12,14,19-20,22H,2-5,7-8,10,13,15-18,21H2,1H3. The number of ether oxygens (including phenoxy) is 2. The summed E-state index contributed by atoms with van der Waals surface area (Å²) in [4.78, 5) is 33.7. The van der Waals surface area contributed by atoms with E-state index in [1.807, 2.05) is 28.9 Å². The van der Waals surface area contributed by atoms with Crippen LogP contribution in [0.15, 0.2) is 42.7 Å². The van der Waals surface area contributed by atoms with Crippen molar-refractivity contribution in [3.8, 4) is 11.5 Å². The summed E-state index contributed by atoms with van der Waals surface area (Å²) >= 11 is 0. The Balaban J connectivity index is 1.30. The molecule has 0 spiro atoms. The maximum atomic E-state index is 13.2. The van der Waals surface area contributed by atoms with E-state index in [0.717, 1.165) is 12.0 Å². The Labute approximate surface area is 208 Å². The average molecular weight is 480 g/mol. The number of benzene rings is 1. The summed E-state index contributed by atoms with van der Waals surface area (Å²) < 4.78 is 11.7. The van der Waals surface area contributed by atoms with Gasteiger partial charge in [-0.1, -0.05) is 38.2 Å². The Morgan fingerprint density at radius 2 is 1.74 bits per heavy atom. The van der Waals surface area contributed by atoms with E-state index in [4.69, 9.17) is 9.47 Å². The number of nitrogens with zero attached hydrogens (tertiary/aromatic N) is 3. The molecule has 2 fully saturated rings. The summed E-state index contributed by atoms with van der Waals surface area (Å²) in [5, 5.41) is 0. The molecule has 0 radical (unpaired) electrons. The molecular weight excluding hydrogens is 442 g/mol. The number of hydrogen-bond acceptors (Lipinski definition) is 5. The van der Waals surface area contributed by atoms with Crippen molar-refractivity contribution in [1.29, 1.82) is 0 Å². The molecule has 1 aromatic heterocycles. The Bertz CT molecular complexity index is 967. The number of aromatic nitrogens is 1. The van der Waals surface area contributed by atoms with Crippen molar-refractivity contribution in [2.75, 3.05) is 32.8 Å². The minimum atomic E-state index is -0.0425. The second kappa shape index (κ2) is 12.6.